The highest BCUT2D eigenvalue weighted by atomic mass is 32.1. The minimum absolute atomic E-state index is 0.239. The molecule has 3 aromatic carbocycles. The van der Waals surface area contributed by atoms with Crippen LogP contribution in [0, 0.1) is 11.6 Å². The molecule has 0 bridgehead atoms. The number of amides is 1. The van der Waals surface area contributed by atoms with Crippen LogP contribution in [0.2, 0.25) is 0 Å². The summed E-state index contributed by atoms with van der Waals surface area (Å²) in [5.41, 5.74) is 2.20. The Morgan fingerprint density at radius 3 is 2.49 bits per heavy atom. The lowest BCUT2D eigenvalue weighted by atomic mass is 9.98. The van der Waals surface area contributed by atoms with Gasteiger partial charge in [0, 0.05) is 11.8 Å². The van der Waals surface area contributed by atoms with E-state index in [0.29, 0.717) is 24.3 Å². The van der Waals surface area contributed by atoms with Crippen LogP contribution in [0.15, 0.2) is 72.9 Å². The highest BCUT2D eigenvalue weighted by Gasteiger charge is 2.21. The molecule has 0 fully saturated rings. The van der Waals surface area contributed by atoms with Gasteiger partial charge in [-0.3, -0.25) is 9.36 Å². The van der Waals surface area contributed by atoms with Crippen molar-refractivity contribution in [3.05, 3.63) is 107 Å². The molecule has 202 valence electrons. The van der Waals surface area contributed by atoms with Crippen molar-refractivity contribution in [2.45, 2.75) is 25.9 Å². The molecule has 1 amide bonds. The summed E-state index contributed by atoms with van der Waals surface area (Å²) < 4.78 is 35.0. The highest BCUT2D eigenvalue weighted by molar-refractivity contribution is 7.80. The fourth-order valence-corrected chi connectivity index (χ4v) is 4.48. The predicted octanol–water partition coefficient (Wildman–Crippen LogP) is 5.24. The number of carbonyl (C=O) groups is 2. The SMILES string of the molecule is CCOc1ncc(C(=O)N[C@@H](CS)Cc2cccc(F)c2)n1Cc1ccc(-c2cccc(F)c2C(=O)O)cc1. The second-order valence-corrected chi connectivity index (χ2v) is 9.16. The summed E-state index contributed by atoms with van der Waals surface area (Å²) >= 11 is 4.35. The van der Waals surface area contributed by atoms with E-state index in [1.54, 1.807) is 47.0 Å². The van der Waals surface area contributed by atoms with Gasteiger partial charge in [0.2, 0.25) is 0 Å². The third-order valence-corrected chi connectivity index (χ3v) is 6.53. The van der Waals surface area contributed by atoms with E-state index in [9.17, 15) is 23.5 Å². The Bertz CT molecular complexity index is 1470. The third kappa shape index (κ3) is 6.64. The number of thiol groups is 1. The van der Waals surface area contributed by atoms with E-state index in [1.165, 1.54) is 24.4 Å². The average molecular weight is 552 g/mol. The minimum Gasteiger partial charge on any atom is -0.478 e. The molecule has 0 aliphatic heterocycles. The number of rotatable bonds is 11. The van der Waals surface area contributed by atoms with Crippen LogP contribution in [-0.4, -0.2) is 44.9 Å². The minimum atomic E-state index is -1.35. The lowest BCUT2D eigenvalue weighted by molar-refractivity contribution is 0.0692. The third-order valence-electron chi connectivity index (χ3n) is 6.08. The number of benzene rings is 3. The van der Waals surface area contributed by atoms with Gasteiger partial charge in [-0.05, 0) is 53.8 Å². The Morgan fingerprint density at radius 2 is 1.82 bits per heavy atom. The Balaban J connectivity index is 1.56. The van der Waals surface area contributed by atoms with Crippen LogP contribution in [0.1, 0.15) is 38.9 Å². The molecular formula is C29H27F2N3O4S. The summed E-state index contributed by atoms with van der Waals surface area (Å²) in [6.07, 6.45) is 1.83. The number of aromatic carboxylic acids is 1. The number of carboxylic acids is 1. The molecule has 2 N–H and O–H groups in total. The van der Waals surface area contributed by atoms with Gasteiger partial charge in [0.15, 0.2) is 0 Å². The first-order valence-electron chi connectivity index (χ1n) is 12.3. The Hall–Kier alpha value is -4.18. The second-order valence-electron chi connectivity index (χ2n) is 8.80. The summed E-state index contributed by atoms with van der Waals surface area (Å²) in [5, 5.41) is 12.4. The largest absolute Gasteiger partial charge is 0.478 e. The predicted molar refractivity (Wildman–Crippen MR) is 147 cm³/mol. The summed E-state index contributed by atoms with van der Waals surface area (Å²) in [4.78, 5) is 29.1. The molecule has 4 rings (SSSR count). The number of nitrogens with zero attached hydrogens (tertiary/aromatic N) is 2. The molecule has 0 spiro atoms. The number of imidazole rings is 1. The quantitative estimate of drug-likeness (QED) is 0.222. The van der Waals surface area contributed by atoms with Gasteiger partial charge in [0.25, 0.3) is 11.9 Å². The molecule has 4 aromatic rings. The Kier molecular flexibility index (Phi) is 8.98. The van der Waals surface area contributed by atoms with Crippen LogP contribution in [-0.2, 0) is 13.0 Å². The number of ether oxygens (including phenoxy) is 1. The molecular weight excluding hydrogens is 524 g/mol. The van der Waals surface area contributed by atoms with Crippen molar-refractivity contribution >= 4 is 24.5 Å². The van der Waals surface area contributed by atoms with Crippen molar-refractivity contribution in [2.24, 2.45) is 0 Å². The van der Waals surface area contributed by atoms with Gasteiger partial charge in [0.05, 0.1) is 19.3 Å². The average Bonchev–Trinajstić information content (AvgIpc) is 3.30. The van der Waals surface area contributed by atoms with Crippen LogP contribution < -0.4 is 10.1 Å². The number of hydrogen-bond acceptors (Lipinski definition) is 5. The second kappa shape index (κ2) is 12.6. The van der Waals surface area contributed by atoms with Crippen LogP contribution >= 0.6 is 12.6 Å². The molecule has 10 heteroatoms. The van der Waals surface area contributed by atoms with Crippen molar-refractivity contribution in [3.8, 4) is 17.1 Å². The van der Waals surface area contributed by atoms with Crippen molar-refractivity contribution in [2.75, 3.05) is 12.4 Å². The molecule has 0 radical (unpaired) electrons. The first-order chi connectivity index (χ1) is 18.8. The molecule has 39 heavy (non-hydrogen) atoms. The fourth-order valence-electron chi connectivity index (χ4n) is 4.26. The number of nitrogens with one attached hydrogen (secondary N) is 1. The molecule has 1 atom stereocenters. The maximum absolute atomic E-state index is 14.1. The van der Waals surface area contributed by atoms with Crippen molar-refractivity contribution < 1.29 is 28.2 Å². The standard InChI is InChI=1S/C29H27F2N3O4S/c1-2-38-29-32-15-25(27(35)33-22(17-39)14-19-5-3-6-21(30)13-19)34(29)16-18-9-11-20(12-10-18)23-7-4-8-24(31)26(23)28(36)37/h3-13,15,22,39H,2,14,16-17H2,1H3,(H,33,35)(H,36,37)/t22-/m1/s1. The van der Waals surface area contributed by atoms with E-state index in [2.05, 4.69) is 22.9 Å². The van der Waals surface area contributed by atoms with Crippen LogP contribution in [0.4, 0.5) is 8.78 Å². The van der Waals surface area contributed by atoms with E-state index >= 15 is 0 Å². The number of aromatic nitrogens is 2. The molecule has 7 nitrogen and oxygen atoms in total. The molecule has 0 unspecified atom stereocenters. The van der Waals surface area contributed by atoms with Gasteiger partial charge >= 0.3 is 5.97 Å². The van der Waals surface area contributed by atoms with Crippen LogP contribution in [0.5, 0.6) is 6.01 Å². The molecule has 1 aromatic heterocycles. The van der Waals surface area contributed by atoms with E-state index in [1.807, 2.05) is 6.92 Å². The number of hydrogen-bond donors (Lipinski definition) is 3. The van der Waals surface area contributed by atoms with E-state index in [-0.39, 0.29) is 41.6 Å². The van der Waals surface area contributed by atoms with Gasteiger partial charge in [-0.15, -0.1) is 0 Å². The highest BCUT2D eigenvalue weighted by Crippen LogP contribution is 2.27. The number of carbonyl (C=O) groups excluding carboxylic acids is 1. The monoisotopic (exact) mass is 551 g/mol. The van der Waals surface area contributed by atoms with E-state index in [4.69, 9.17) is 4.74 Å². The molecule has 0 aliphatic rings. The Morgan fingerprint density at radius 1 is 1.08 bits per heavy atom. The zero-order valence-electron chi connectivity index (χ0n) is 21.1. The zero-order chi connectivity index (χ0) is 27.9. The summed E-state index contributed by atoms with van der Waals surface area (Å²) in [6, 6.07) is 17.2. The van der Waals surface area contributed by atoms with E-state index in [0.717, 1.165) is 17.2 Å². The fraction of sp³-hybridized carbons (Fsp3) is 0.207. The summed E-state index contributed by atoms with van der Waals surface area (Å²) in [6.45, 7) is 2.39. The number of halogens is 2. The first kappa shape index (κ1) is 27.8. The summed E-state index contributed by atoms with van der Waals surface area (Å²) in [5.74, 6) is -2.55. The lowest BCUT2D eigenvalue weighted by Gasteiger charge is -2.18. The smallest absolute Gasteiger partial charge is 0.339 e. The topological polar surface area (TPSA) is 93.5 Å². The van der Waals surface area contributed by atoms with Crippen LogP contribution in [0.25, 0.3) is 11.1 Å². The van der Waals surface area contributed by atoms with Crippen molar-refractivity contribution in [1.82, 2.24) is 14.9 Å². The molecule has 0 aliphatic carbocycles. The normalized spacial score (nSPS) is 11.7. The summed E-state index contributed by atoms with van der Waals surface area (Å²) in [7, 11) is 0. The maximum Gasteiger partial charge on any atom is 0.339 e. The Labute approximate surface area is 229 Å². The van der Waals surface area contributed by atoms with Crippen molar-refractivity contribution in [3.63, 3.8) is 0 Å². The van der Waals surface area contributed by atoms with Crippen molar-refractivity contribution in [1.29, 1.82) is 0 Å². The van der Waals surface area contributed by atoms with Gasteiger partial charge in [0.1, 0.15) is 22.9 Å². The maximum atomic E-state index is 14.1. The number of carboxylic acid groups (broad SMARTS) is 1. The molecule has 0 saturated heterocycles. The molecule has 1 heterocycles. The van der Waals surface area contributed by atoms with Crippen LogP contribution in [0.3, 0.4) is 0 Å². The van der Waals surface area contributed by atoms with E-state index < -0.39 is 17.3 Å². The van der Waals surface area contributed by atoms with Gasteiger partial charge in [-0.1, -0.05) is 48.5 Å². The van der Waals surface area contributed by atoms with Gasteiger partial charge in [-0.25, -0.2) is 18.6 Å². The zero-order valence-corrected chi connectivity index (χ0v) is 22.0. The molecule has 0 saturated carbocycles. The van der Waals surface area contributed by atoms with Gasteiger partial charge < -0.3 is 15.2 Å². The first-order valence-corrected chi connectivity index (χ1v) is 12.9. The van der Waals surface area contributed by atoms with Gasteiger partial charge in [-0.2, -0.15) is 12.6 Å². The lowest BCUT2D eigenvalue weighted by Crippen LogP contribution is -2.38.